The third kappa shape index (κ3) is 4.76. The van der Waals surface area contributed by atoms with E-state index >= 15 is 0 Å². The van der Waals surface area contributed by atoms with Crippen LogP contribution in [0, 0.1) is 19.7 Å². The van der Waals surface area contributed by atoms with Crippen molar-refractivity contribution in [3.05, 3.63) is 59.4 Å². The smallest absolute Gasteiger partial charge is 0.123 e. The van der Waals surface area contributed by atoms with Crippen molar-refractivity contribution < 1.29 is 14.2 Å². The lowest BCUT2D eigenvalue weighted by Gasteiger charge is -2.15. The first kappa shape index (κ1) is 15.3. The first-order chi connectivity index (χ1) is 10.0. The summed E-state index contributed by atoms with van der Waals surface area (Å²) in [6.45, 7) is 4.52. The van der Waals surface area contributed by atoms with E-state index < -0.39 is 6.10 Å². The Labute approximate surface area is 124 Å². The van der Waals surface area contributed by atoms with Crippen LogP contribution in [0.15, 0.2) is 42.5 Å². The normalized spacial score (nSPS) is 12.0. The zero-order chi connectivity index (χ0) is 15.2. The van der Waals surface area contributed by atoms with E-state index in [1.807, 2.05) is 32.0 Å². The van der Waals surface area contributed by atoms with Gasteiger partial charge in [0.2, 0.25) is 0 Å². The Kier molecular flexibility index (Phi) is 5.17. The summed E-state index contributed by atoms with van der Waals surface area (Å²) in [6, 6.07) is 12.0. The molecule has 1 unspecified atom stereocenters. The number of rotatable bonds is 6. The second-order valence-corrected chi connectivity index (χ2v) is 5.12. The Morgan fingerprint density at radius 2 is 1.86 bits per heavy atom. The summed E-state index contributed by atoms with van der Waals surface area (Å²) in [5.74, 6) is 0.509. The van der Waals surface area contributed by atoms with Crippen molar-refractivity contribution in [1.82, 2.24) is 0 Å². The molecule has 0 aliphatic carbocycles. The van der Waals surface area contributed by atoms with Crippen molar-refractivity contribution in [1.29, 1.82) is 0 Å². The fourth-order valence-electron chi connectivity index (χ4n) is 1.91. The highest BCUT2D eigenvalue weighted by Crippen LogP contribution is 2.19. The molecule has 0 bridgehead atoms. The summed E-state index contributed by atoms with van der Waals surface area (Å²) in [6.07, 6.45) is -0.644. The van der Waals surface area contributed by atoms with E-state index in [1.165, 1.54) is 12.1 Å². The zero-order valence-corrected chi connectivity index (χ0v) is 12.3. The Balaban J connectivity index is 1.80. The lowest BCUT2D eigenvalue weighted by molar-refractivity contribution is 0.117. The molecular weight excluding hydrogens is 269 g/mol. The van der Waals surface area contributed by atoms with Gasteiger partial charge in [-0.1, -0.05) is 12.1 Å². The SMILES string of the molecule is Cc1ccc(C)c(OCC(O)CNc2ccc(F)cc2)c1. The second kappa shape index (κ2) is 7.09. The van der Waals surface area contributed by atoms with Gasteiger partial charge in [-0.25, -0.2) is 4.39 Å². The quantitative estimate of drug-likeness (QED) is 0.857. The van der Waals surface area contributed by atoms with Crippen molar-refractivity contribution >= 4 is 5.69 Å². The van der Waals surface area contributed by atoms with Crippen LogP contribution in [0.2, 0.25) is 0 Å². The molecule has 0 fully saturated rings. The molecule has 0 radical (unpaired) electrons. The number of benzene rings is 2. The highest BCUT2D eigenvalue weighted by molar-refractivity contribution is 5.42. The predicted octanol–water partition coefficient (Wildman–Crippen LogP) is 3.29. The monoisotopic (exact) mass is 289 g/mol. The molecule has 0 heterocycles. The summed E-state index contributed by atoms with van der Waals surface area (Å²) < 4.78 is 18.4. The number of ether oxygens (including phenoxy) is 1. The molecule has 0 aliphatic heterocycles. The molecule has 3 nitrogen and oxygen atoms in total. The maximum atomic E-state index is 12.8. The number of nitrogens with one attached hydrogen (secondary N) is 1. The van der Waals surface area contributed by atoms with E-state index in [0.717, 1.165) is 22.6 Å². The summed E-state index contributed by atoms with van der Waals surface area (Å²) in [5, 5.41) is 13.0. The van der Waals surface area contributed by atoms with E-state index in [1.54, 1.807) is 12.1 Å². The average Bonchev–Trinajstić information content (AvgIpc) is 2.47. The van der Waals surface area contributed by atoms with Gasteiger partial charge in [0.05, 0.1) is 0 Å². The van der Waals surface area contributed by atoms with Crippen LogP contribution in [0.5, 0.6) is 5.75 Å². The number of anilines is 1. The zero-order valence-electron chi connectivity index (χ0n) is 12.3. The Morgan fingerprint density at radius 1 is 1.14 bits per heavy atom. The van der Waals surface area contributed by atoms with E-state index in [2.05, 4.69) is 5.32 Å². The predicted molar refractivity (Wildman–Crippen MR) is 82.3 cm³/mol. The molecule has 1 atom stereocenters. The van der Waals surface area contributed by atoms with Crippen molar-refractivity contribution in [2.75, 3.05) is 18.5 Å². The molecule has 2 N–H and O–H groups in total. The molecule has 0 saturated carbocycles. The van der Waals surface area contributed by atoms with Gasteiger partial charge in [0.1, 0.15) is 24.3 Å². The molecule has 0 aliphatic rings. The van der Waals surface area contributed by atoms with Crippen LogP contribution in [-0.2, 0) is 0 Å². The van der Waals surface area contributed by atoms with E-state index in [9.17, 15) is 9.50 Å². The van der Waals surface area contributed by atoms with Crippen LogP contribution in [0.3, 0.4) is 0 Å². The first-order valence-corrected chi connectivity index (χ1v) is 6.92. The van der Waals surface area contributed by atoms with Gasteiger partial charge in [-0.2, -0.15) is 0 Å². The summed E-state index contributed by atoms with van der Waals surface area (Å²) >= 11 is 0. The molecule has 112 valence electrons. The fraction of sp³-hybridized carbons (Fsp3) is 0.294. The van der Waals surface area contributed by atoms with E-state index in [0.29, 0.717) is 6.54 Å². The Hall–Kier alpha value is -2.07. The molecule has 0 aromatic heterocycles. The molecule has 2 aromatic carbocycles. The van der Waals surface area contributed by atoms with Gasteiger partial charge in [-0.3, -0.25) is 0 Å². The number of aryl methyl sites for hydroxylation is 2. The van der Waals surface area contributed by atoms with Crippen LogP contribution in [0.4, 0.5) is 10.1 Å². The van der Waals surface area contributed by atoms with Crippen LogP contribution in [0.1, 0.15) is 11.1 Å². The van der Waals surface area contributed by atoms with Gasteiger partial charge in [-0.05, 0) is 55.3 Å². The van der Waals surface area contributed by atoms with Gasteiger partial charge >= 0.3 is 0 Å². The minimum absolute atomic E-state index is 0.207. The Bertz CT molecular complexity index is 584. The summed E-state index contributed by atoms with van der Waals surface area (Å²) in [5.41, 5.74) is 2.93. The summed E-state index contributed by atoms with van der Waals surface area (Å²) in [4.78, 5) is 0. The average molecular weight is 289 g/mol. The van der Waals surface area contributed by atoms with Gasteiger partial charge in [0.15, 0.2) is 0 Å². The van der Waals surface area contributed by atoms with Crippen LogP contribution in [-0.4, -0.2) is 24.4 Å². The highest BCUT2D eigenvalue weighted by Gasteiger charge is 2.07. The molecular formula is C17H20FNO2. The molecule has 2 rings (SSSR count). The minimum atomic E-state index is -0.644. The van der Waals surface area contributed by atoms with Crippen molar-refractivity contribution in [3.63, 3.8) is 0 Å². The minimum Gasteiger partial charge on any atom is -0.491 e. The van der Waals surface area contributed by atoms with Gasteiger partial charge in [0, 0.05) is 12.2 Å². The van der Waals surface area contributed by atoms with Crippen molar-refractivity contribution in [2.24, 2.45) is 0 Å². The lowest BCUT2D eigenvalue weighted by atomic mass is 10.1. The molecule has 4 heteroatoms. The lowest BCUT2D eigenvalue weighted by Crippen LogP contribution is -2.26. The maximum Gasteiger partial charge on any atom is 0.123 e. The molecule has 0 amide bonds. The number of halogens is 1. The Morgan fingerprint density at radius 3 is 2.57 bits per heavy atom. The molecule has 0 spiro atoms. The maximum absolute atomic E-state index is 12.8. The van der Waals surface area contributed by atoms with E-state index in [4.69, 9.17) is 4.74 Å². The van der Waals surface area contributed by atoms with Gasteiger partial charge < -0.3 is 15.2 Å². The standard InChI is InChI=1S/C17H20FNO2/c1-12-3-4-13(2)17(9-12)21-11-16(20)10-19-15-7-5-14(18)6-8-15/h3-9,16,19-20H,10-11H2,1-2H3. The van der Waals surface area contributed by atoms with Crippen LogP contribution < -0.4 is 10.1 Å². The number of aliphatic hydroxyl groups excluding tert-OH is 1. The van der Waals surface area contributed by atoms with Crippen LogP contribution >= 0.6 is 0 Å². The van der Waals surface area contributed by atoms with Crippen molar-refractivity contribution in [3.8, 4) is 5.75 Å². The molecule has 21 heavy (non-hydrogen) atoms. The molecule has 0 saturated heterocycles. The van der Waals surface area contributed by atoms with Crippen molar-refractivity contribution in [2.45, 2.75) is 20.0 Å². The third-order valence-corrected chi connectivity index (χ3v) is 3.16. The highest BCUT2D eigenvalue weighted by atomic mass is 19.1. The number of aliphatic hydroxyl groups is 1. The van der Waals surface area contributed by atoms with Crippen LogP contribution in [0.25, 0.3) is 0 Å². The number of hydrogen-bond acceptors (Lipinski definition) is 3. The topological polar surface area (TPSA) is 41.5 Å². The van der Waals surface area contributed by atoms with Gasteiger partial charge in [-0.15, -0.1) is 0 Å². The number of hydrogen-bond donors (Lipinski definition) is 2. The third-order valence-electron chi connectivity index (χ3n) is 3.16. The molecule has 2 aromatic rings. The van der Waals surface area contributed by atoms with E-state index in [-0.39, 0.29) is 12.4 Å². The second-order valence-electron chi connectivity index (χ2n) is 5.12. The first-order valence-electron chi connectivity index (χ1n) is 6.92. The van der Waals surface area contributed by atoms with Gasteiger partial charge in [0.25, 0.3) is 0 Å². The summed E-state index contributed by atoms with van der Waals surface area (Å²) in [7, 11) is 0. The largest absolute Gasteiger partial charge is 0.491 e. The fourth-order valence-corrected chi connectivity index (χ4v) is 1.91.